The fraction of sp³-hybridized carbons (Fsp3) is 0.143. The third kappa shape index (κ3) is 4.53. The van der Waals surface area contributed by atoms with Crippen LogP contribution >= 0.6 is 11.3 Å². The van der Waals surface area contributed by atoms with Gasteiger partial charge in [-0.25, -0.2) is 15.1 Å². The molecule has 0 fully saturated rings. The molecule has 0 saturated heterocycles. The Hall–Kier alpha value is -4.90. The zero-order valence-corrected chi connectivity index (χ0v) is 21.9. The SMILES string of the molecule is CC(NC(=O)c1c(N)[nH][n+]2cccnc12)c1nc2cccc(CCc3nccs3)c2c(=O)n1-c1ccccc1. The molecule has 6 aromatic rings. The molecular formula is C28H25N8O2S+. The molecule has 194 valence electrons. The molecule has 0 aliphatic heterocycles. The van der Waals surface area contributed by atoms with E-state index in [9.17, 15) is 9.59 Å². The summed E-state index contributed by atoms with van der Waals surface area (Å²) >= 11 is 1.60. The molecule has 2 aromatic carbocycles. The molecule has 0 bridgehead atoms. The Morgan fingerprint density at radius 2 is 1.95 bits per heavy atom. The summed E-state index contributed by atoms with van der Waals surface area (Å²) in [6, 6.07) is 16.1. The fourth-order valence-electron chi connectivity index (χ4n) is 4.77. The smallest absolute Gasteiger partial charge is 0.362 e. The highest BCUT2D eigenvalue weighted by Gasteiger charge is 2.27. The zero-order chi connectivity index (χ0) is 26.9. The quantitative estimate of drug-likeness (QED) is 0.268. The maximum Gasteiger partial charge on any atom is 0.362 e. The lowest BCUT2D eigenvalue weighted by atomic mass is 10.0. The molecule has 39 heavy (non-hydrogen) atoms. The lowest BCUT2D eigenvalue weighted by molar-refractivity contribution is -0.577. The number of H-pyrrole nitrogens is 1. The van der Waals surface area contributed by atoms with E-state index in [4.69, 9.17) is 10.7 Å². The number of rotatable bonds is 7. The van der Waals surface area contributed by atoms with Gasteiger partial charge in [0.25, 0.3) is 11.5 Å². The van der Waals surface area contributed by atoms with Crippen molar-refractivity contribution >= 4 is 39.6 Å². The van der Waals surface area contributed by atoms with Crippen molar-refractivity contribution in [2.24, 2.45) is 0 Å². The summed E-state index contributed by atoms with van der Waals surface area (Å²) in [5.74, 6) is 0.168. The van der Waals surface area contributed by atoms with E-state index in [0.717, 1.165) is 17.0 Å². The van der Waals surface area contributed by atoms with Crippen molar-refractivity contribution in [3.05, 3.63) is 111 Å². The molecule has 1 atom stereocenters. The van der Waals surface area contributed by atoms with Crippen LogP contribution in [0.2, 0.25) is 0 Å². The number of hydrogen-bond acceptors (Lipinski definition) is 7. The van der Waals surface area contributed by atoms with Gasteiger partial charge in [-0.3, -0.25) is 14.2 Å². The summed E-state index contributed by atoms with van der Waals surface area (Å²) in [5.41, 5.74) is 8.68. The molecule has 0 spiro atoms. The number of aromatic amines is 1. The zero-order valence-electron chi connectivity index (χ0n) is 21.0. The van der Waals surface area contributed by atoms with Crippen LogP contribution in [0.25, 0.3) is 22.2 Å². The number of fused-ring (bicyclic) bond motifs is 2. The van der Waals surface area contributed by atoms with E-state index in [-0.39, 0.29) is 16.9 Å². The topological polar surface area (TPSA) is 136 Å². The van der Waals surface area contributed by atoms with Crippen molar-refractivity contribution in [1.29, 1.82) is 0 Å². The number of thiazole rings is 1. The molecular weight excluding hydrogens is 512 g/mol. The maximum atomic E-state index is 14.1. The van der Waals surface area contributed by atoms with Crippen molar-refractivity contribution < 1.29 is 9.31 Å². The van der Waals surface area contributed by atoms with E-state index in [2.05, 4.69) is 20.4 Å². The number of nitrogen functional groups attached to an aromatic ring is 1. The van der Waals surface area contributed by atoms with Gasteiger partial charge >= 0.3 is 5.65 Å². The predicted molar refractivity (Wildman–Crippen MR) is 149 cm³/mol. The van der Waals surface area contributed by atoms with Crippen molar-refractivity contribution in [1.82, 2.24) is 29.9 Å². The molecule has 1 amide bonds. The van der Waals surface area contributed by atoms with Crippen LogP contribution in [0.15, 0.2) is 83.4 Å². The highest BCUT2D eigenvalue weighted by atomic mass is 32.1. The van der Waals surface area contributed by atoms with Gasteiger partial charge in [-0.1, -0.05) is 30.3 Å². The van der Waals surface area contributed by atoms with E-state index < -0.39 is 11.9 Å². The molecule has 4 aromatic heterocycles. The average Bonchev–Trinajstić information content (AvgIpc) is 3.59. The first-order valence-corrected chi connectivity index (χ1v) is 13.3. The Balaban J connectivity index is 1.44. The number of nitrogens with one attached hydrogen (secondary N) is 2. The number of benzene rings is 2. The predicted octanol–water partition coefficient (Wildman–Crippen LogP) is 3.16. The van der Waals surface area contributed by atoms with Gasteiger partial charge in [0.15, 0.2) is 11.4 Å². The second kappa shape index (κ2) is 10.1. The van der Waals surface area contributed by atoms with Gasteiger partial charge in [0.05, 0.1) is 27.6 Å². The van der Waals surface area contributed by atoms with E-state index in [1.165, 1.54) is 0 Å². The first-order chi connectivity index (χ1) is 19.0. The summed E-state index contributed by atoms with van der Waals surface area (Å²) in [6.45, 7) is 1.79. The minimum absolute atomic E-state index is 0.190. The Kier molecular flexibility index (Phi) is 6.33. The lowest BCUT2D eigenvalue weighted by Gasteiger charge is -2.20. The van der Waals surface area contributed by atoms with E-state index in [0.29, 0.717) is 34.5 Å². The van der Waals surface area contributed by atoms with E-state index in [1.54, 1.807) is 52.0 Å². The van der Waals surface area contributed by atoms with Gasteiger partial charge in [0, 0.05) is 24.1 Å². The van der Waals surface area contributed by atoms with Gasteiger partial charge < -0.3 is 11.1 Å². The first-order valence-electron chi connectivity index (χ1n) is 12.4. The summed E-state index contributed by atoms with van der Waals surface area (Å²) in [4.78, 5) is 41.1. The molecule has 10 nitrogen and oxygen atoms in total. The number of aromatic nitrogens is 6. The largest absolute Gasteiger partial charge is 0.382 e. The average molecular weight is 538 g/mol. The number of para-hydroxylation sites is 1. The number of amides is 1. The highest BCUT2D eigenvalue weighted by molar-refractivity contribution is 7.09. The molecule has 11 heteroatoms. The van der Waals surface area contributed by atoms with Crippen LogP contribution in [0.1, 0.15) is 39.7 Å². The molecule has 0 aliphatic rings. The first kappa shape index (κ1) is 24.4. The van der Waals surface area contributed by atoms with Gasteiger partial charge in [-0.15, -0.1) is 15.9 Å². The van der Waals surface area contributed by atoms with Crippen LogP contribution in [0.5, 0.6) is 0 Å². The molecule has 0 radical (unpaired) electrons. The lowest BCUT2D eigenvalue weighted by Crippen LogP contribution is -2.34. The van der Waals surface area contributed by atoms with E-state index >= 15 is 0 Å². The van der Waals surface area contributed by atoms with Crippen LogP contribution in [0.4, 0.5) is 5.82 Å². The molecule has 1 unspecified atom stereocenters. The van der Waals surface area contributed by atoms with Gasteiger partial charge in [0.1, 0.15) is 18.2 Å². The highest BCUT2D eigenvalue weighted by Crippen LogP contribution is 2.22. The van der Waals surface area contributed by atoms with Gasteiger partial charge in [0.2, 0.25) is 0 Å². The minimum Gasteiger partial charge on any atom is -0.382 e. The number of nitrogens with two attached hydrogens (primary N) is 1. The van der Waals surface area contributed by atoms with Crippen molar-refractivity contribution in [2.75, 3.05) is 5.73 Å². The molecule has 4 N–H and O–H groups in total. The summed E-state index contributed by atoms with van der Waals surface area (Å²) in [7, 11) is 0. The monoisotopic (exact) mass is 537 g/mol. The molecule has 4 heterocycles. The second-order valence-electron chi connectivity index (χ2n) is 9.09. The second-order valence-corrected chi connectivity index (χ2v) is 10.1. The number of hydrogen-bond donors (Lipinski definition) is 3. The normalized spacial score (nSPS) is 12.1. The number of nitrogens with zero attached hydrogens (tertiary/aromatic N) is 5. The van der Waals surface area contributed by atoms with Crippen molar-refractivity contribution in [3.8, 4) is 5.69 Å². The molecule has 0 aliphatic carbocycles. The van der Waals surface area contributed by atoms with Gasteiger partial charge in [-0.2, -0.15) is 0 Å². The Morgan fingerprint density at radius 3 is 2.74 bits per heavy atom. The van der Waals surface area contributed by atoms with Crippen molar-refractivity contribution in [3.63, 3.8) is 0 Å². The molecule has 0 saturated carbocycles. The standard InChI is InChI=1S/C28H24N8O2S/c1-17(32-27(37)23-24(29)34-35-15-6-13-31-26(23)35)25-33-20-10-5-7-18(11-12-21-30-14-16-39-21)22(20)28(38)36(25)19-8-3-2-4-9-19/h2-10,13-17H,11-12H2,1H3,(H3,29,32,34,37)/p+1. The third-order valence-corrected chi connectivity index (χ3v) is 7.40. The molecule has 6 rings (SSSR count). The van der Waals surface area contributed by atoms with Crippen molar-refractivity contribution in [2.45, 2.75) is 25.8 Å². The van der Waals surface area contributed by atoms with Crippen LogP contribution in [0.3, 0.4) is 0 Å². The summed E-state index contributed by atoms with van der Waals surface area (Å²) in [6.07, 6.45) is 6.49. The Labute approximate surface area is 226 Å². The maximum absolute atomic E-state index is 14.1. The number of carbonyl (C=O) groups excluding carboxylic acids is 1. The van der Waals surface area contributed by atoms with E-state index in [1.807, 2.05) is 53.9 Å². The summed E-state index contributed by atoms with van der Waals surface area (Å²) < 4.78 is 3.15. The van der Waals surface area contributed by atoms with Crippen LogP contribution in [-0.4, -0.2) is 30.5 Å². The van der Waals surface area contributed by atoms with Crippen LogP contribution in [-0.2, 0) is 12.8 Å². The number of aryl methyl sites for hydroxylation is 2. The Morgan fingerprint density at radius 1 is 1.10 bits per heavy atom. The fourth-order valence-corrected chi connectivity index (χ4v) is 5.39. The van der Waals surface area contributed by atoms with Crippen LogP contribution < -0.4 is 21.1 Å². The van der Waals surface area contributed by atoms with Crippen LogP contribution in [0, 0.1) is 0 Å². The number of carbonyl (C=O) groups is 1. The number of anilines is 1. The Bertz CT molecular complexity index is 1860. The third-order valence-electron chi connectivity index (χ3n) is 6.56. The minimum atomic E-state index is -0.633. The van der Waals surface area contributed by atoms with Gasteiger partial charge in [-0.05, 0) is 42.1 Å². The summed E-state index contributed by atoms with van der Waals surface area (Å²) in [5, 5.41) is 9.41.